The smallest absolute Gasteiger partial charge is 0.143 e. The van der Waals surface area contributed by atoms with Gasteiger partial charge in [0.2, 0.25) is 0 Å². The van der Waals surface area contributed by atoms with E-state index in [1.54, 1.807) is 0 Å². The first-order valence-corrected chi connectivity index (χ1v) is 24.1. The Kier molecular flexibility index (Phi) is 8.38. The Morgan fingerprint density at radius 2 is 0.667 bits per heavy atom. The second-order valence-corrected chi connectivity index (χ2v) is 20.0. The van der Waals surface area contributed by atoms with Crippen molar-refractivity contribution in [2.45, 2.75) is 38.5 Å². The van der Waals surface area contributed by atoms with Crippen LogP contribution in [0.3, 0.4) is 0 Å². The van der Waals surface area contributed by atoms with Gasteiger partial charge >= 0.3 is 0 Å². The molecule has 0 amide bonds. The highest BCUT2D eigenvalue weighted by atomic mass is 16.3. The van der Waals surface area contributed by atoms with Gasteiger partial charge in [-0.25, -0.2) is 0 Å². The number of rotatable bonds is 6. The molecule has 0 spiro atoms. The van der Waals surface area contributed by atoms with Gasteiger partial charge in [-0.15, -0.1) is 0 Å². The minimum atomic E-state index is -0.257. The van der Waals surface area contributed by atoms with Crippen molar-refractivity contribution in [3.8, 4) is 55.6 Å². The molecule has 3 heteroatoms. The molecule has 0 saturated heterocycles. The molecular weight excluding hydrogens is 839 g/mol. The lowest BCUT2D eigenvalue weighted by molar-refractivity contribution is 0.659. The van der Waals surface area contributed by atoms with Crippen molar-refractivity contribution >= 4 is 60.9 Å². The van der Waals surface area contributed by atoms with Crippen molar-refractivity contribution in [1.82, 2.24) is 0 Å². The van der Waals surface area contributed by atoms with Crippen molar-refractivity contribution in [1.29, 1.82) is 0 Å². The van der Waals surface area contributed by atoms with Crippen LogP contribution < -0.4 is 4.90 Å². The second-order valence-electron chi connectivity index (χ2n) is 20.0. The second kappa shape index (κ2) is 14.6. The number of para-hydroxylation sites is 4. The van der Waals surface area contributed by atoms with Gasteiger partial charge in [-0.3, -0.25) is 0 Å². The highest BCUT2D eigenvalue weighted by Gasteiger charge is 2.39. The highest BCUT2D eigenvalue weighted by Crippen LogP contribution is 2.55. The fourth-order valence-electron chi connectivity index (χ4n) is 11.9. The minimum Gasteiger partial charge on any atom is -0.455 e. The molecule has 12 aromatic rings. The van der Waals surface area contributed by atoms with Gasteiger partial charge in [0.25, 0.3) is 0 Å². The molecule has 328 valence electrons. The number of nitrogens with zero attached hydrogens (tertiary/aromatic N) is 1. The Labute approximate surface area is 401 Å². The number of hydrogen-bond acceptors (Lipinski definition) is 3. The van der Waals surface area contributed by atoms with E-state index in [0.29, 0.717) is 0 Å². The van der Waals surface area contributed by atoms with Gasteiger partial charge in [-0.05, 0) is 127 Å². The van der Waals surface area contributed by atoms with Crippen molar-refractivity contribution in [2.24, 2.45) is 0 Å². The number of fused-ring (bicyclic) bond motifs is 12. The molecule has 3 nitrogen and oxygen atoms in total. The standard InChI is InChI=1S/C66H47NO2/c1-65(2)57-36-42(47-18-12-20-55-53-16-8-10-22-61(53)68-63(47)55)26-32-49(57)51-34-30-45(38-59(51)65)67(44-28-24-41(25-29-44)40-14-6-5-7-15-40)46-31-35-52-50-33-27-43(37-58(50)66(3,4)60(52)39-46)48-19-13-21-56-54-17-9-11-23-62(54)69-64(48)56/h5-39H,1-4H3. The molecule has 2 aromatic heterocycles. The lowest BCUT2D eigenvalue weighted by Gasteiger charge is -2.30. The molecule has 69 heavy (non-hydrogen) atoms. The van der Waals surface area contributed by atoms with E-state index >= 15 is 0 Å². The fourth-order valence-corrected chi connectivity index (χ4v) is 11.9. The highest BCUT2D eigenvalue weighted by molar-refractivity contribution is 6.11. The molecule has 0 N–H and O–H groups in total. The van der Waals surface area contributed by atoms with Gasteiger partial charge in [0.15, 0.2) is 0 Å². The third kappa shape index (κ3) is 5.87. The average Bonchev–Trinajstić information content (AvgIpc) is 4.09. The molecule has 0 fully saturated rings. The summed E-state index contributed by atoms with van der Waals surface area (Å²) in [5, 5.41) is 4.59. The molecule has 0 aliphatic heterocycles. The zero-order valence-electron chi connectivity index (χ0n) is 39.0. The van der Waals surface area contributed by atoms with Crippen LogP contribution in [0.15, 0.2) is 221 Å². The third-order valence-electron chi connectivity index (χ3n) is 15.5. The van der Waals surface area contributed by atoms with Crippen molar-refractivity contribution in [3.63, 3.8) is 0 Å². The Bertz CT molecular complexity index is 3850. The Balaban J connectivity index is 0.870. The summed E-state index contributed by atoms with van der Waals surface area (Å²) in [7, 11) is 0. The van der Waals surface area contributed by atoms with Gasteiger partial charge in [0.05, 0.1) is 0 Å². The van der Waals surface area contributed by atoms with Crippen LogP contribution in [-0.2, 0) is 10.8 Å². The summed E-state index contributed by atoms with van der Waals surface area (Å²) in [4.78, 5) is 2.45. The number of anilines is 3. The summed E-state index contributed by atoms with van der Waals surface area (Å²) < 4.78 is 13.1. The SMILES string of the molecule is CC1(C)c2cc(-c3cccc4c3oc3ccccc34)ccc2-c2ccc(N(c3ccc(-c4ccccc4)cc3)c3ccc4c(c3)C(C)(C)c3cc(-c5cccc6c5oc5ccccc56)ccc3-4)cc21. The monoisotopic (exact) mass is 885 g/mol. The third-order valence-corrected chi connectivity index (χ3v) is 15.5. The van der Waals surface area contributed by atoms with Crippen molar-refractivity contribution < 1.29 is 8.83 Å². The number of hydrogen-bond donors (Lipinski definition) is 0. The topological polar surface area (TPSA) is 29.5 Å². The summed E-state index contributed by atoms with van der Waals surface area (Å²) in [6.07, 6.45) is 0. The molecule has 2 aliphatic carbocycles. The maximum absolute atomic E-state index is 6.53. The van der Waals surface area contributed by atoms with Gasteiger partial charge in [0, 0.05) is 60.6 Å². The van der Waals surface area contributed by atoms with E-state index in [2.05, 4.69) is 233 Å². The summed E-state index contributed by atoms with van der Waals surface area (Å²) in [6.45, 7) is 9.52. The zero-order chi connectivity index (χ0) is 46.2. The van der Waals surface area contributed by atoms with Crippen LogP contribution in [0.1, 0.15) is 49.9 Å². The van der Waals surface area contributed by atoms with E-state index in [-0.39, 0.29) is 10.8 Å². The number of benzene rings is 10. The van der Waals surface area contributed by atoms with Crippen LogP contribution in [0.5, 0.6) is 0 Å². The molecule has 0 atom stereocenters. The predicted molar refractivity (Wildman–Crippen MR) is 287 cm³/mol. The van der Waals surface area contributed by atoms with Gasteiger partial charge < -0.3 is 13.7 Å². The Morgan fingerprint density at radius 1 is 0.290 bits per heavy atom. The maximum Gasteiger partial charge on any atom is 0.143 e. The predicted octanol–water partition coefficient (Wildman–Crippen LogP) is 18.6. The lowest BCUT2D eigenvalue weighted by atomic mass is 9.81. The summed E-state index contributed by atoms with van der Waals surface area (Å²) in [6, 6.07) is 77.6. The number of furan rings is 2. The van der Waals surface area contributed by atoms with E-state index in [0.717, 1.165) is 72.1 Å². The molecule has 0 unspecified atom stereocenters. The fraction of sp³-hybridized carbons (Fsp3) is 0.0909. The lowest BCUT2D eigenvalue weighted by Crippen LogP contribution is -2.18. The molecular formula is C66H47NO2. The molecule has 14 rings (SSSR count). The normalized spacial score (nSPS) is 14.0. The van der Waals surface area contributed by atoms with Crippen LogP contribution in [0.2, 0.25) is 0 Å². The molecule has 10 aromatic carbocycles. The van der Waals surface area contributed by atoms with E-state index in [4.69, 9.17) is 8.83 Å². The van der Waals surface area contributed by atoms with Crippen LogP contribution in [-0.4, -0.2) is 0 Å². The molecule has 0 radical (unpaired) electrons. The van der Waals surface area contributed by atoms with E-state index < -0.39 is 0 Å². The van der Waals surface area contributed by atoms with Crippen molar-refractivity contribution in [3.05, 3.63) is 235 Å². The van der Waals surface area contributed by atoms with Crippen LogP contribution in [0.25, 0.3) is 99.5 Å². The van der Waals surface area contributed by atoms with E-state index in [9.17, 15) is 0 Å². The van der Waals surface area contributed by atoms with E-state index in [1.165, 1.54) is 66.8 Å². The van der Waals surface area contributed by atoms with Crippen LogP contribution in [0.4, 0.5) is 17.1 Å². The Hall–Kier alpha value is -8.40. The first-order chi connectivity index (χ1) is 33.7. The molecule has 0 saturated carbocycles. The average molecular weight is 886 g/mol. The summed E-state index contributed by atoms with van der Waals surface area (Å²) in [5.74, 6) is 0. The van der Waals surface area contributed by atoms with E-state index in [1.807, 2.05) is 12.1 Å². The largest absolute Gasteiger partial charge is 0.455 e. The first-order valence-electron chi connectivity index (χ1n) is 24.1. The zero-order valence-corrected chi connectivity index (χ0v) is 39.0. The van der Waals surface area contributed by atoms with Crippen molar-refractivity contribution in [2.75, 3.05) is 4.90 Å². The molecule has 2 aliphatic rings. The Morgan fingerprint density at radius 3 is 1.16 bits per heavy atom. The van der Waals surface area contributed by atoms with Crippen LogP contribution in [0, 0.1) is 0 Å². The molecule has 0 bridgehead atoms. The van der Waals surface area contributed by atoms with Gasteiger partial charge in [0.1, 0.15) is 22.3 Å². The first kappa shape index (κ1) is 39.7. The van der Waals surface area contributed by atoms with Crippen LogP contribution >= 0.6 is 0 Å². The summed E-state index contributed by atoms with van der Waals surface area (Å²) in [5.41, 5.74) is 24.0. The van der Waals surface area contributed by atoms with Gasteiger partial charge in [-0.1, -0.05) is 179 Å². The quantitative estimate of drug-likeness (QED) is 0.167. The maximum atomic E-state index is 6.53. The minimum absolute atomic E-state index is 0.257. The summed E-state index contributed by atoms with van der Waals surface area (Å²) >= 11 is 0. The van der Waals surface area contributed by atoms with Gasteiger partial charge in [-0.2, -0.15) is 0 Å². The molecule has 2 heterocycles.